The minimum Gasteiger partial charge on any atom is -0.543 e. The van der Waals surface area contributed by atoms with Crippen LogP contribution in [0.25, 0.3) is 0 Å². The Balaban J connectivity index is 3.15. The number of carboxylic acid groups (broad SMARTS) is 1. The van der Waals surface area contributed by atoms with Gasteiger partial charge in [0, 0.05) is 11.1 Å². The van der Waals surface area contributed by atoms with Crippen LogP contribution >= 0.6 is 11.6 Å². The third-order valence-electron chi connectivity index (χ3n) is 1.18. The number of aromatic carboxylic acids is 1. The van der Waals surface area contributed by atoms with Gasteiger partial charge in [-0.15, -0.1) is 0 Å². The molecule has 0 saturated heterocycles. The summed E-state index contributed by atoms with van der Waals surface area (Å²) in [7, 11) is 1.37. The van der Waals surface area contributed by atoms with Crippen LogP contribution in [0, 0.1) is 0 Å². The van der Waals surface area contributed by atoms with E-state index in [4.69, 9.17) is 16.3 Å². The van der Waals surface area contributed by atoms with Crippen molar-refractivity contribution in [2.45, 2.75) is 0 Å². The van der Waals surface area contributed by atoms with Crippen molar-refractivity contribution in [2.24, 2.45) is 0 Å². The second kappa shape index (κ2) is 3.40. The molecule has 1 rings (SSSR count). The zero-order valence-corrected chi connectivity index (χ0v) is 6.96. The Hall–Kier alpha value is -1.29. The minimum atomic E-state index is -1.38. The molecular weight excluding hydrogens is 182 g/mol. The van der Waals surface area contributed by atoms with Gasteiger partial charge in [0.1, 0.15) is 0 Å². The van der Waals surface area contributed by atoms with Gasteiger partial charge in [-0.1, -0.05) is 11.6 Å². The van der Waals surface area contributed by atoms with E-state index in [-0.39, 0.29) is 16.6 Å². The molecule has 64 valence electrons. The highest BCUT2D eigenvalue weighted by Gasteiger charge is 2.01. The van der Waals surface area contributed by atoms with Gasteiger partial charge in [0.2, 0.25) is 5.88 Å². The average Bonchev–Trinajstić information content (AvgIpc) is 2.03. The van der Waals surface area contributed by atoms with Crippen LogP contribution in [-0.2, 0) is 0 Å². The van der Waals surface area contributed by atoms with Crippen LogP contribution < -0.4 is 9.84 Å². The second-order valence-electron chi connectivity index (χ2n) is 2.00. The van der Waals surface area contributed by atoms with E-state index in [1.807, 2.05) is 0 Å². The Labute approximate surface area is 73.8 Å². The van der Waals surface area contributed by atoms with Gasteiger partial charge in [0.15, 0.2) is 0 Å². The normalized spacial score (nSPS) is 9.50. The summed E-state index contributed by atoms with van der Waals surface area (Å²) in [6.07, 6.45) is 0. The highest BCUT2D eigenvalue weighted by atomic mass is 35.5. The number of carboxylic acids is 1. The zero-order chi connectivity index (χ0) is 9.14. The Morgan fingerprint density at radius 3 is 2.83 bits per heavy atom. The van der Waals surface area contributed by atoms with Gasteiger partial charge in [0.25, 0.3) is 0 Å². The van der Waals surface area contributed by atoms with Crippen molar-refractivity contribution in [3.8, 4) is 5.88 Å². The molecule has 1 aromatic heterocycles. The summed E-state index contributed by atoms with van der Waals surface area (Å²) in [6, 6.07) is 2.60. The fourth-order valence-electron chi connectivity index (χ4n) is 0.683. The van der Waals surface area contributed by atoms with Crippen molar-refractivity contribution in [2.75, 3.05) is 7.11 Å². The van der Waals surface area contributed by atoms with Gasteiger partial charge < -0.3 is 14.6 Å². The topological polar surface area (TPSA) is 62.2 Å². The van der Waals surface area contributed by atoms with E-state index in [9.17, 15) is 9.90 Å². The Morgan fingerprint density at radius 2 is 2.33 bits per heavy atom. The lowest BCUT2D eigenvalue weighted by molar-refractivity contribution is -0.255. The highest BCUT2D eigenvalue weighted by Crippen LogP contribution is 2.16. The van der Waals surface area contributed by atoms with Gasteiger partial charge in [0.05, 0.1) is 18.8 Å². The van der Waals surface area contributed by atoms with E-state index < -0.39 is 5.97 Å². The summed E-state index contributed by atoms with van der Waals surface area (Å²) >= 11 is 5.56. The molecule has 0 unspecified atom stereocenters. The summed E-state index contributed by atoms with van der Waals surface area (Å²) in [4.78, 5) is 13.9. The maximum Gasteiger partial charge on any atom is 0.215 e. The second-order valence-corrected chi connectivity index (χ2v) is 2.44. The molecule has 0 saturated carbocycles. The van der Waals surface area contributed by atoms with Gasteiger partial charge in [-0.05, 0) is 6.07 Å². The molecule has 0 fully saturated rings. The Kier molecular flexibility index (Phi) is 2.50. The van der Waals surface area contributed by atoms with Crippen LogP contribution in [0.2, 0.25) is 5.02 Å². The molecule has 0 aromatic carbocycles. The predicted octanol–water partition coefficient (Wildman–Crippen LogP) is 0.107. The number of rotatable bonds is 2. The third kappa shape index (κ3) is 1.85. The molecule has 4 nitrogen and oxygen atoms in total. The number of carbonyl (C=O) groups is 1. The number of ether oxygens (including phenoxy) is 1. The van der Waals surface area contributed by atoms with E-state index in [0.717, 1.165) is 0 Å². The van der Waals surface area contributed by atoms with Gasteiger partial charge in [-0.25, -0.2) is 4.98 Å². The number of carbonyl (C=O) groups excluding carboxylic acids is 1. The van der Waals surface area contributed by atoms with Gasteiger partial charge in [-0.3, -0.25) is 0 Å². The summed E-state index contributed by atoms with van der Waals surface area (Å²) < 4.78 is 4.70. The van der Waals surface area contributed by atoms with Crippen molar-refractivity contribution in [1.29, 1.82) is 0 Å². The molecule has 0 N–H and O–H groups in total. The van der Waals surface area contributed by atoms with Crippen molar-refractivity contribution in [1.82, 2.24) is 4.98 Å². The van der Waals surface area contributed by atoms with Crippen LogP contribution in [0.1, 0.15) is 10.5 Å². The van der Waals surface area contributed by atoms with E-state index in [2.05, 4.69) is 4.98 Å². The smallest absolute Gasteiger partial charge is 0.215 e. The van der Waals surface area contributed by atoms with Gasteiger partial charge in [-0.2, -0.15) is 0 Å². The molecule has 5 heteroatoms. The van der Waals surface area contributed by atoms with Crippen LogP contribution in [0.5, 0.6) is 5.88 Å². The number of hydrogen-bond acceptors (Lipinski definition) is 4. The van der Waals surface area contributed by atoms with Crippen LogP contribution in [0.4, 0.5) is 0 Å². The molecule has 0 aliphatic carbocycles. The van der Waals surface area contributed by atoms with Crippen molar-refractivity contribution < 1.29 is 14.6 Å². The van der Waals surface area contributed by atoms with E-state index in [1.54, 1.807) is 0 Å². The molecule has 1 aromatic rings. The monoisotopic (exact) mass is 186 g/mol. The summed E-state index contributed by atoms with van der Waals surface area (Å²) in [6.45, 7) is 0. The highest BCUT2D eigenvalue weighted by molar-refractivity contribution is 6.30. The van der Waals surface area contributed by atoms with Crippen LogP contribution in [-0.4, -0.2) is 18.1 Å². The number of hydrogen-bond donors (Lipinski definition) is 0. The van der Waals surface area contributed by atoms with E-state index in [1.165, 1.54) is 19.2 Å². The zero-order valence-electron chi connectivity index (χ0n) is 6.20. The minimum absolute atomic E-state index is 0.154. The molecule has 0 atom stereocenters. The van der Waals surface area contributed by atoms with Gasteiger partial charge >= 0.3 is 0 Å². The van der Waals surface area contributed by atoms with Crippen molar-refractivity contribution in [3.05, 3.63) is 22.8 Å². The summed E-state index contributed by atoms with van der Waals surface area (Å²) in [5.74, 6) is -1.22. The Bertz CT molecular complexity index is 314. The molecule has 0 amide bonds. The average molecular weight is 187 g/mol. The fraction of sp³-hybridized carbons (Fsp3) is 0.143. The maximum absolute atomic E-state index is 10.3. The van der Waals surface area contributed by atoms with Crippen molar-refractivity contribution >= 4 is 17.6 Å². The first-order valence-electron chi connectivity index (χ1n) is 3.06. The molecule has 0 radical (unpaired) electrons. The summed E-state index contributed by atoms with van der Waals surface area (Å²) in [5.41, 5.74) is -0.237. The third-order valence-corrected chi connectivity index (χ3v) is 1.40. The lowest BCUT2D eigenvalue weighted by atomic mass is 10.3. The number of aromatic nitrogens is 1. The largest absolute Gasteiger partial charge is 0.543 e. The SMILES string of the molecule is COc1cc(Cl)cc(C(=O)[O-])n1. The van der Waals surface area contributed by atoms with Crippen LogP contribution in [0.3, 0.4) is 0 Å². The van der Waals surface area contributed by atoms with Crippen LogP contribution in [0.15, 0.2) is 12.1 Å². The van der Waals surface area contributed by atoms with Crippen molar-refractivity contribution in [3.63, 3.8) is 0 Å². The lowest BCUT2D eigenvalue weighted by Crippen LogP contribution is -2.23. The lowest BCUT2D eigenvalue weighted by Gasteiger charge is -2.04. The first kappa shape index (κ1) is 8.80. The molecule has 1 heterocycles. The molecule has 0 aliphatic heterocycles. The first-order valence-corrected chi connectivity index (χ1v) is 3.44. The number of methoxy groups -OCH3 is 1. The first-order chi connectivity index (χ1) is 5.63. The molecule has 12 heavy (non-hydrogen) atoms. The number of pyridine rings is 1. The quantitative estimate of drug-likeness (QED) is 0.658. The number of nitrogens with zero attached hydrogens (tertiary/aromatic N) is 1. The van der Waals surface area contributed by atoms with E-state index in [0.29, 0.717) is 0 Å². The Morgan fingerprint density at radius 1 is 1.67 bits per heavy atom. The predicted molar refractivity (Wildman–Crippen MR) is 40.1 cm³/mol. The maximum atomic E-state index is 10.3. The molecule has 0 bridgehead atoms. The molecular formula is C7H5ClNO3-. The fourth-order valence-corrected chi connectivity index (χ4v) is 0.879. The molecule has 0 spiro atoms. The number of halogens is 1. The van der Waals surface area contributed by atoms with E-state index >= 15 is 0 Å². The molecule has 0 aliphatic rings. The standard InChI is InChI=1S/C7H6ClNO3/c1-12-6-3-4(8)2-5(9-6)7(10)11/h2-3H,1H3,(H,10,11)/p-1. The summed E-state index contributed by atoms with van der Waals surface area (Å²) in [5, 5.41) is 10.6.